The highest BCUT2D eigenvalue weighted by molar-refractivity contribution is 5.72. The smallest absolute Gasteiger partial charge is 0.419 e. The topological polar surface area (TPSA) is 71.6 Å². The molecule has 10 heteroatoms. The molecule has 0 unspecified atom stereocenters. The van der Waals surface area contributed by atoms with Gasteiger partial charge in [-0.15, -0.1) is 0 Å². The zero-order valence-corrected chi connectivity index (χ0v) is 17.7. The molecule has 2 N–H and O–H groups in total. The third-order valence-electron chi connectivity index (χ3n) is 4.39. The van der Waals surface area contributed by atoms with Crippen molar-refractivity contribution < 1.29 is 27.4 Å². The molecule has 1 aromatic heterocycles. The molecule has 0 bridgehead atoms. The maximum Gasteiger partial charge on any atom is 0.419 e. The lowest BCUT2D eigenvalue weighted by atomic mass is 10.0. The van der Waals surface area contributed by atoms with Gasteiger partial charge in [0.15, 0.2) is 0 Å². The van der Waals surface area contributed by atoms with Crippen molar-refractivity contribution in [1.82, 2.24) is 20.4 Å². The fraction of sp³-hybridized carbons (Fsp3) is 0.550. The Morgan fingerprint density at radius 2 is 1.93 bits per heavy atom. The molecule has 0 aliphatic heterocycles. The van der Waals surface area contributed by atoms with Crippen LogP contribution < -0.4 is 14.8 Å². The van der Waals surface area contributed by atoms with E-state index in [0.717, 1.165) is 24.7 Å². The van der Waals surface area contributed by atoms with Crippen molar-refractivity contribution in [2.45, 2.75) is 19.6 Å². The molecule has 0 fully saturated rings. The summed E-state index contributed by atoms with van der Waals surface area (Å²) in [4.78, 5) is 2.05. The normalized spacial score (nSPS) is 11.9. The number of methoxy groups -OCH3 is 1. The Morgan fingerprint density at radius 1 is 1.17 bits per heavy atom. The van der Waals surface area contributed by atoms with Gasteiger partial charge in [-0.2, -0.15) is 18.3 Å². The summed E-state index contributed by atoms with van der Waals surface area (Å²) in [7, 11) is 5.25. The first kappa shape index (κ1) is 24.0. The number of H-pyrrole nitrogens is 1. The van der Waals surface area contributed by atoms with Gasteiger partial charge in [-0.25, -0.2) is 0 Å². The van der Waals surface area contributed by atoms with Crippen LogP contribution in [0.4, 0.5) is 13.2 Å². The summed E-state index contributed by atoms with van der Waals surface area (Å²) >= 11 is 0. The first-order chi connectivity index (χ1) is 14.3. The van der Waals surface area contributed by atoms with Crippen LogP contribution in [0.2, 0.25) is 0 Å². The summed E-state index contributed by atoms with van der Waals surface area (Å²) in [6, 6.07) is 2.32. The number of aromatic nitrogens is 2. The number of benzene rings is 1. The van der Waals surface area contributed by atoms with Crippen LogP contribution in [-0.4, -0.2) is 69.2 Å². The molecular formula is C20H29F3N4O3. The highest BCUT2D eigenvalue weighted by Crippen LogP contribution is 2.43. The monoisotopic (exact) mass is 430 g/mol. The van der Waals surface area contributed by atoms with E-state index >= 15 is 0 Å². The zero-order chi connectivity index (χ0) is 22.1. The van der Waals surface area contributed by atoms with Crippen LogP contribution in [0.3, 0.4) is 0 Å². The van der Waals surface area contributed by atoms with Crippen molar-refractivity contribution >= 4 is 0 Å². The third kappa shape index (κ3) is 6.35. The molecule has 2 rings (SSSR count). The number of halogens is 3. The minimum atomic E-state index is -4.60. The van der Waals surface area contributed by atoms with Crippen LogP contribution in [0.25, 0.3) is 11.3 Å². The summed E-state index contributed by atoms with van der Waals surface area (Å²) in [6.07, 6.45) is -2.90. The summed E-state index contributed by atoms with van der Waals surface area (Å²) in [5.41, 5.74) is 0.579. The van der Waals surface area contributed by atoms with E-state index in [1.54, 1.807) is 13.1 Å². The van der Waals surface area contributed by atoms with E-state index < -0.39 is 11.7 Å². The largest absolute Gasteiger partial charge is 0.493 e. The highest BCUT2D eigenvalue weighted by atomic mass is 19.4. The van der Waals surface area contributed by atoms with Crippen LogP contribution >= 0.6 is 0 Å². The molecule has 1 heterocycles. The average molecular weight is 430 g/mol. The lowest BCUT2D eigenvalue weighted by Gasteiger charge is -2.19. The van der Waals surface area contributed by atoms with Crippen molar-refractivity contribution in [1.29, 1.82) is 0 Å². The molecule has 0 saturated heterocycles. The average Bonchev–Trinajstić information content (AvgIpc) is 3.13. The minimum absolute atomic E-state index is 0.00555. The Kier molecular flexibility index (Phi) is 8.94. The second kappa shape index (κ2) is 11.2. The standard InChI is InChI=1S/C20H29F3N4O3/c1-5-29-17-11-18(30-9-8-28-4)16(20(21,22)23)10-15(17)19-14(12-25-26-19)13-27(3)7-6-24-2/h10-12,24H,5-9,13H2,1-4H3,(H,25,26). The summed E-state index contributed by atoms with van der Waals surface area (Å²) in [6.45, 7) is 4.31. The molecule has 0 spiro atoms. The summed E-state index contributed by atoms with van der Waals surface area (Å²) < 4.78 is 57.1. The molecule has 168 valence electrons. The maximum absolute atomic E-state index is 13.8. The SMILES string of the molecule is CCOc1cc(OCCOC)c(C(F)(F)F)cc1-c1n[nH]cc1CN(C)CCNC. The van der Waals surface area contributed by atoms with Crippen LogP contribution in [-0.2, 0) is 17.5 Å². The fourth-order valence-electron chi connectivity index (χ4n) is 2.94. The van der Waals surface area contributed by atoms with Crippen LogP contribution in [0.5, 0.6) is 11.5 Å². The van der Waals surface area contributed by atoms with Gasteiger partial charge in [-0.05, 0) is 27.1 Å². The Morgan fingerprint density at radius 3 is 2.57 bits per heavy atom. The van der Waals surface area contributed by atoms with E-state index in [2.05, 4.69) is 20.4 Å². The molecule has 7 nitrogen and oxygen atoms in total. The van der Waals surface area contributed by atoms with E-state index in [0.29, 0.717) is 12.2 Å². The number of aromatic amines is 1. The van der Waals surface area contributed by atoms with Crippen molar-refractivity contribution in [2.24, 2.45) is 0 Å². The molecule has 30 heavy (non-hydrogen) atoms. The van der Waals surface area contributed by atoms with E-state index in [9.17, 15) is 13.2 Å². The van der Waals surface area contributed by atoms with Crippen molar-refractivity contribution in [3.05, 3.63) is 29.5 Å². The van der Waals surface area contributed by atoms with Crippen LogP contribution in [0.1, 0.15) is 18.1 Å². The van der Waals surface area contributed by atoms with E-state index in [1.165, 1.54) is 13.2 Å². The zero-order valence-electron chi connectivity index (χ0n) is 17.7. The van der Waals surface area contributed by atoms with Gasteiger partial charge in [0.2, 0.25) is 0 Å². The summed E-state index contributed by atoms with van der Waals surface area (Å²) in [5, 5.41) is 10.0. The van der Waals surface area contributed by atoms with Gasteiger partial charge < -0.3 is 24.4 Å². The van der Waals surface area contributed by atoms with Gasteiger partial charge in [0.05, 0.1) is 18.8 Å². The second-order valence-electron chi connectivity index (χ2n) is 6.72. The highest BCUT2D eigenvalue weighted by Gasteiger charge is 2.36. The number of nitrogens with zero attached hydrogens (tertiary/aromatic N) is 2. The lowest BCUT2D eigenvalue weighted by Crippen LogP contribution is -2.27. The first-order valence-corrected chi connectivity index (χ1v) is 9.67. The number of rotatable bonds is 12. The van der Waals surface area contributed by atoms with Gasteiger partial charge in [0.25, 0.3) is 0 Å². The molecule has 0 aliphatic rings. The van der Waals surface area contributed by atoms with Gasteiger partial charge in [0, 0.05) is 50.1 Å². The molecular weight excluding hydrogens is 401 g/mol. The van der Waals surface area contributed by atoms with E-state index in [4.69, 9.17) is 14.2 Å². The number of ether oxygens (including phenoxy) is 3. The van der Waals surface area contributed by atoms with Crippen LogP contribution in [0, 0.1) is 0 Å². The Labute approximate surface area is 174 Å². The van der Waals surface area contributed by atoms with Gasteiger partial charge in [-0.1, -0.05) is 0 Å². The molecule has 0 aliphatic carbocycles. The molecule has 1 aromatic carbocycles. The minimum Gasteiger partial charge on any atom is -0.493 e. The Bertz CT molecular complexity index is 796. The molecule has 2 aromatic rings. The third-order valence-corrected chi connectivity index (χ3v) is 4.39. The first-order valence-electron chi connectivity index (χ1n) is 9.67. The van der Waals surface area contributed by atoms with E-state index in [-0.39, 0.29) is 36.9 Å². The van der Waals surface area contributed by atoms with Crippen molar-refractivity contribution in [3.63, 3.8) is 0 Å². The van der Waals surface area contributed by atoms with Gasteiger partial charge in [-0.3, -0.25) is 5.10 Å². The van der Waals surface area contributed by atoms with E-state index in [1.807, 2.05) is 14.1 Å². The lowest BCUT2D eigenvalue weighted by molar-refractivity contribution is -0.139. The number of likely N-dealkylation sites (N-methyl/N-ethyl adjacent to an activating group) is 2. The van der Waals surface area contributed by atoms with Crippen LogP contribution in [0.15, 0.2) is 18.3 Å². The molecule has 0 amide bonds. The molecule has 0 saturated carbocycles. The second-order valence-corrected chi connectivity index (χ2v) is 6.72. The summed E-state index contributed by atoms with van der Waals surface area (Å²) in [5.74, 6) is -0.0147. The van der Waals surface area contributed by atoms with Gasteiger partial charge in [0.1, 0.15) is 23.8 Å². The number of hydrogen-bond acceptors (Lipinski definition) is 6. The molecule has 0 radical (unpaired) electrons. The predicted molar refractivity (Wildman–Crippen MR) is 108 cm³/mol. The quantitative estimate of drug-likeness (QED) is 0.504. The number of hydrogen-bond donors (Lipinski definition) is 2. The van der Waals surface area contributed by atoms with Gasteiger partial charge >= 0.3 is 6.18 Å². The Hall–Kier alpha value is -2.30. The fourth-order valence-corrected chi connectivity index (χ4v) is 2.94. The van der Waals surface area contributed by atoms with Crippen molar-refractivity contribution in [2.75, 3.05) is 54.1 Å². The Balaban J connectivity index is 2.48. The van der Waals surface area contributed by atoms with Crippen molar-refractivity contribution in [3.8, 4) is 22.8 Å². The molecule has 0 atom stereocenters. The maximum atomic E-state index is 13.8. The number of nitrogens with one attached hydrogen (secondary N) is 2. The number of alkyl halides is 3. The predicted octanol–water partition coefficient (Wildman–Crippen LogP) is 3.17.